The number of nitrogens with one attached hydrogen (secondary N) is 1. The number of nitrogens with zero attached hydrogens (tertiary/aromatic N) is 1. The summed E-state index contributed by atoms with van der Waals surface area (Å²) in [4.78, 5) is 34.7. The Morgan fingerprint density at radius 2 is 1.84 bits per heavy atom. The van der Waals surface area contributed by atoms with Gasteiger partial charge in [0.15, 0.2) is 0 Å². The number of piperidine rings is 1. The van der Waals surface area contributed by atoms with Gasteiger partial charge in [0.25, 0.3) is 0 Å². The number of rotatable bonds is 5. The van der Waals surface area contributed by atoms with Gasteiger partial charge in [0, 0.05) is 25.6 Å². The number of nitrogens with two attached hydrogens (primary N) is 1. The molecule has 0 unspecified atom stereocenters. The summed E-state index contributed by atoms with van der Waals surface area (Å²) in [6.07, 6.45) is 0.923. The molecule has 19 heavy (non-hydrogen) atoms. The number of carboxylic acid groups (broad SMARTS) is 2. The summed E-state index contributed by atoms with van der Waals surface area (Å²) in [6.45, 7) is 0.969. The minimum absolute atomic E-state index is 0.0753. The largest absolute Gasteiger partial charge is 0.481 e. The van der Waals surface area contributed by atoms with E-state index in [1.54, 1.807) is 0 Å². The first-order valence-electron chi connectivity index (χ1n) is 6.15. The molecule has 1 rings (SSSR count). The molecule has 2 amide bonds. The van der Waals surface area contributed by atoms with Crippen molar-refractivity contribution in [2.75, 3.05) is 13.1 Å². The van der Waals surface area contributed by atoms with Crippen LogP contribution in [0.1, 0.15) is 25.7 Å². The quantitative estimate of drug-likeness (QED) is 0.530. The van der Waals surface area contributed by atoms with Gasteiger partial charge in [-0.2, -0.15) is 0 Å². The van der Waals surface area contributed by atoms with Crippen molar-refractivity contribution in [1.29, 1.82) is 0 Å². The molecule has 1 atom stereocenters. The molecule has 5 N–H and O–H groups in total. The molecule has 0 radical (unpaired) electrons. The maximum Gasteiger partial charge on any atom is 0.326 e. The molecule has 1 aliphatic rings. The lowest BCUT2D eigenvalue weighted by molar-refractivity contribution is -0.140. The van der Waals surface area contributed by atoms with Gasteiger partial charge in [-0.15, -0.1) is 0 Å². The van der Waals surface area contributed by atoms with Crippen LogP contribution in [0.25, 0.3) is 0 Å². The minimum atomic E-state index is -1.23. The summed E-state index contributed by atoms with van der Waals surface area (Å²) >= 11 is 0. The van der Waals surface area contributed by atoms with E-state index in [2.05, 4.69) is 5.32 Å². The Morgan fingerprint density at radius 3 is 2.32 bits per heavy atom. The molecule has 0 aromatic heterocycles. The number of aliphatic carboxylic acids is 2. The fourth-order valence-corrected chi connectivity index (χ4v) is 1.87. The van der Waals surface area contributed by atoms with E-state index >= 15 is 0 Å². The molecule has 0 bridgehead atoms. The average Bonchev–Trinajstić information content (AvgIpc) is 2.34. The Balaban J connectivity index is 2.46. The monoisotopic (exact) mass is 273 g/mol. The van der Waals surface area contributed by atoms with Gasteiger partial charge in [-0.25, -0.2) is 9.59 Å². The number of carbonyl (C=O) groups excluding carboxylic acids is 1. The zero-order valence-electron chi connectivity index (χ0n) is 10.5. The maximum atomic E-state index is 11.8. The first-order valence-corrected chi connectivity index (χ1v) is 6.15. The number of amides is 2. The highest BCUT2D eigenvalue weighted by atomic mass is 16.4. The minimum Gasteiger partial charge on any atom is -0.481 e. The van der Waals surface area contributed by atoms with Crippen molar-refractivity contribution < 1.29 is 24.6 Å². The number of urea groups is 1. The SMILES string of the molecule is NC1CCN(C(=O)N[C@@H](CCC(=O)O)C(=O)O)CC1. The van der Waals surface area contributed by atoms with Crippen LogP contribution in [-0.4, -0.2) is 58.3 Å². The Morgan fingerprint density at radius 1 is 1.26 bits per heavy atom. The van der Waals surface area contributed by atoms with E-state index in [-0.39, 0.29) is 18.9 Å². The van der Waals surface area contributed by atoms with E-state index in [1.807, 2.05) is 0 Å². The summed E-state index contributed by atoms with van der Waals surface area (Å²) in [6, 6.07) is -1.59. The van der Waals surface area contributed by atoms with Crippen LogP contribution >= 0.6 is 0 Å². The Bertz CT molecular complexity index is 352. The van der Waals surface area contributed by atoms with Gasteiger partial charge >= 0.3 is 18.0 Å². The Hall–Kier alpha value is -1.83. The van der Waals surface area contributed by atoms with Crippen LogP contribution in [0.4, 0.5) is 4.79 Å². The molecule has 8 nitrogen and oxygen atoms in total. The zero-order chi connectivity index (χ0) is 14.4. The lowest BCUT2D eigenvalue weighted by atomic mass is 10.1. The molecule has 1 fully saturated rings. The van der Waals surface area contributed by atoms with Crippen molar-refractivity contribution in [2.45, 2.75) is 37.8 Å². The first kappa shape index (κ1) is 15.2. The highest BCUT2D eigenvalue weighted by molar-refractivity contribution is 5.83. The van der Waals surface area contributed by atoms with E-state index in [0.29, 0.717) is 25.9 Å². The van der Waals surface area contributed by atoms with Crippen LogP contribution in [0.3, 0.4) is 0 Å². The van der Waals surface area contributed by atoms with Crippen molar-refractivity contribution in [3.63, 3.8) is 0 Å². The highest BCUT2D eigenvalue weighted by Crippen LogP contribution is 2.09. The number of carbonyl (C=O) groups is 3. The summed E-state index contributed by atoms with van der Waals surface area (Å²) in [7, 11) is 0. The third kappa shape index (κ3) is 5.12. The zero-order valence-corrected chi connectivity index (χ0v) is 10.5. The van der Waals surface area contributed by atoms with Crippen molar-refractivity contribution in [1.82, 2.24) is 10.2 Å². The standard InChI is InChI=1S/C11H19N3O5/c12-7-3-5-14(6-4-7)11(19)13-8(10(17)18)1-2-9(15)16/h7-8H,1-6,12H2,(H,13,19)(H,15,16)(H,17,18)/t8-/m0/s1. The second-order valence-corrected chi connectivity index (χ2v) is 4.60. The van der Waals surface area contributed by atoms with Gasteiger partial charge in [0.1, 0.15) is 6.04 Å². The molecule has 1 aliphatic heterocycles. The van der Waals surface area contributed by atoms with Crippen LogP contribution in [0.5, 0.6) is 0 Å². The molecular formula is C11H19N3O5. The van der Waals surface area contributed by atoms with Gasteiger partial charge in [-0.05, 0) is 19.3 Å². The highest BCUT2D eigenvalue weighted by Gasteiger charge is 2.25. The number of carboxylic acids is 2. The molecule has 1 heterocycles. The number of hydrogen-bond acceptors (Lipinski definition) is 4. The van der Waals surface area contributed by atoms with Gasteiger partial charge in [-0.1, -0.05) is 0 Å². The summed E-state index contributed by atoms with van der Waals surface area (Å²) in [5.41, 5.74) is 5.71. The topological polar surface area (TPSA) is 133 Å². The van der Waals surface area contributed by atoms with E-state index in [0.717, 1.165) is 0 Å². The fourth-order valence-electron chi connectivity index (χ4n) is 1.87. The molecule has 8 heteroatoms. The number of likely N-dealkylation sites (tertiary alicyclic amines) is 1. The lowest BCUT2D eigenvalue weighted by Gasteiger charge is -2.31. The van der Waals surface area contributed by atoms with Gasteiger partial charge in [0.2, 0.25) is 0 Å². The van der Waals surface area contributed by atoms with Crippen LogP contribution < -0.4 is 11.1 Å². The van der Waals surface area contributed by atoms with Gasteiger partial charge in [-0.3, -0.25) is 4.79 Å². The summed E-state index contributed by atoms with van der Waals surface area (Å²) in [5.74, 6) is -2.33. The van der Waals surface area contributed by atoms with Crippen LogP contribution in [0.15, 0.2) is 0 Å². The number of hydrogen-bond donors (Lipinski definition) is 4. The van der Waals surface area contributed by atoms with Gasteiger partial charge in [0.05, 0.1) is 0 Å². The summed E-state index contributed by atoms with van der Waals surface area (Å²) in [5, 5.41) is 19.8. The van der Waals surface area contributed by atoms with E-state index in [4.69, 9.17) is 15.9 Å². The Labute approximate surface area is 110 Å². The van der Waals surface area contributed by atoms with Crippen LogP contribution in [-0.2, 0) is 9.59 Å². The smallest absolute Gasteiger partial charge is 0.326 e. The third-order valence-electron chi connectivity index (χ3n) is 3.07. The first-order chi connectivity index (χ1) is 8.90. The molecule has 0 aromatic carbocycles. The molecular weight excluding hydrogens is 254 g/mol. The second kappa shape index (κ2) is 6.93. The molecule has 0 spiro atoms. The van der Waals surface area contributed by atoms with Crippen molar-refractivity contribution in [3.8, 4) is 0 Å². The molecule has 1 saturated heterocycles. The van der Waals surface area contributed by atoms with E-state index in [9.17, 15) is 14.4 Å². The van der Waals surface area contributed by atoms with Crippen LogP contribution in [0, 0.1) is 0 Å². The van der Waals surface area contributed by atoms with Crippen molar-refractivity contribution >= 4 is 18.0 Å². The predicted molar refractivity (Wildman–Crippen MR) is 65.6 cm³/mol. The Kier molecular flexibility index (Phi) is 5.56. The maximum absolute atomic E-state index is 11.8. The van der Waals surface area contributed by atoms with Crippen LogP contribution in [0.2, 0.25) is 0 Å². The molecule has 0 aliphatic carbocycles. The molecule has 108 valence electrons. The predicted octanol–water partition coefficient (Wildman–Crippen LogP) is -0.563. The average molecular weight is 273 g/mol. The normalized spacial score (nSPS) is 17.8. The van der Waals surface area contributed by atoms with Crippen molar-refractivity contribution in [2.24, 2.45) is 5.73 Å². The van der Waals surface area contributed by atoms with Crippen molar-refractivity contribution in [3.05, 3.63) is 0 Å². The van der Waals surface area contributed by atoms with E-state index < -0.39 is 24.0 Å². The fraction of sp³-hybridized carbons (Fsp3) is 0.727. The molecule has 0 saturated carbocycles. The summed E-state index contributed by atoms with van der Waals surface area (Å²) < 4.78 is 0. The van der Waals surface area contributed by atoms with Gasteiger partial charge < -0.3 is 26.2 Å². The molecule has 0 aromatic rings. The third-order valence-corrected chi connectivity index (χ3v) is 3.07. The second-order valence-electron chi connectivity index (χ2n) is 4.60. The lowest BCUT2D eigenvalue weighted by Crippen LogP contribution is -2.51. The van der Waals surface area contributed by atoms with E-state index in [1.165, 1.54) is 4.90 Å².